The van der Waals surface area contributed by atoms with Crippen molar-refractivity contribution >= 4 is 12.1 Å². The molecule has 126 valence electrons. The lowest BCUT2D eigenvalue weighted by atomic mass is 9.85. The molecule has 1 aliphatic heterocycles. The first-order valence-corrected chi connectivity index (χ1v) is 7.90. The number of ether oxygens (including phenoxy) is 1. The number of pyridine rings is 1. The van der Waals surface area contributed by atoms with Crippen molar-refractivity contribution < 1.29 is 19.4 Å². The Kier molecular flexibility index (Phi) is 5.23. The van der Waals surface area contributed by atoms with Gasteiger partial charge < -0.3 is 9.84 Å². The van der Waals surface area contributed by atoms with Crippen LogP contribution in [0, 0.1) is 5.92 Å². The summed E-state index contributed by atoms with van der Waals surface area (Å²) >= 11 is 0. The van der Waals surface area contributed by atoms with Crippen LogP contribution in [-0.4, -0.2) is 45.2 Å². The van der Waals surface area contributed by atoms with Crippen LogP contribution in [0.3, 0.4) is 0 Å². The topological polar surface area (TPSA) is 79.7 Å². The van der Waals surface area contributed by atoms with Crippen LogP contribution < -0.4 is 0 Å². The number of hydrogen-bond acceptors (Lipinski definition) is 4. The van der Waals surface area contributed by atoms with Gasteiger partial charge in [0.25, 0.3) is 0 Å². The molecule has 1 aromatic heterocycles. The minimum atomic E-state index is -0.989. The lowest BCUT2D eigenvalue weighted by Gasteiger charge is -2.39. The van der Waals surface area contributed by atoms with Crippen LogP contribution in [0.1, 0.15) is 39.3 Å². The van der Waals surface area contributed by atoms with E-state index in [1.54, 1.807) is 27.0 Å². The molecule has 0 aromatic carbocycles. The van der Waals surface area contributed by atoms with Crippen LogP contribution >= 0.6 is 0 Å². The van der Waals surface area contributed by atoms with Gasteiger partial charge in [-0.15, -0.1) is 0 Å². The minimum Gasteiger partial charge on any atom is -0.480 e. The van der Waals surface area contributed by atoms with Gasteiger partial charge in [0, 0.05) is 18.4 Å². The molecule has 1 fully saturated rings. The number of carboxylic acid groups (broad SMARTS) is 1. The molecule has 1 aliphatic rings. The highest BCUT2D eigenvalue weighted by Crippen LogP contribution is 2.28. The molecule has 1 amide bonds. The Morgan fingerprint density at radius 1 is 1.39 bits per heavy atom. The molecule has 2 heterocycles. The van der Waals surface area contributed by atoms with Gasteiger partial charge in [-0.05, 0) is 58.1 Å². The third-order valence-electron chi connectivity index (χ3n) is 3.83. The Bertz CT molecular complexity index is 553. The molecule has 23 heavy (non-hydrogen) atoms. The van der Waals surface area contributed by atoms with E-state index in [0.29, 0.717) is 13.0 Å². The van der Waals surface area contributed by atoms with E-state index in [-0.39, 0.29) is 5.92 Å². The van der Waals surface area contributed by atoms with Crippen LogP contribution in [0.25, 0.3) is 0 Å². The van der Waals surface area contributed by atoms with Crippen LogP contribution in [0.2, 0.25) is 0 Å². The highest BCUT2D eigenvalue weighted by atomic mass is 16.6. The Labute approximate surface area is 136 Å². The molecule has 0 spiro atoms. The van der Waals surface area contributed by atoms with Crippen molar-refractivity contribution in [1.29, 1.82) is 0 Å². The van der Waals surface area contributed by atoms with E-state index in [2.05, 4.69) is 4.98 Å². The number of aromatic nitrogens is 1. The monoisotopic (exact) mass is 320 g/mol. The minimum absolute atomic E-state index is 0.163. The predicted octanol–water partition coefficient (Wildman–Crippen LogP) is 2.72. The van der Waals surface area contributed by atoms with E-state index >= 15 is 0 Å². The van der Waals surface area contributed by atoms with Crippen LogP contribution in [-0.2, 0) is 16.0 Å². The SMILES string of the molecule is CC(C)(C)OC(=O)N1CCC[C@@H](Cc2ccccn2)[C@H]1C(=O)O. The Hall–Kier alpha value is -2.11. The molecule has 0 unspecified atom stereocenters. The number of hydrogen-bond donors (Lipinski definition) is 1. The molecule has 1 aromatic rings. The standard InChI is InChI=1S/C17H24N2O4/c1-17(2,3)23-16(22)19-10-6-7-12(14(19)15(20)21)11-13-8-4-5-9-18-13/h4-5,8-9,12,14H,6-7,10-11H2,1-3H3,(H,20,21)/t12-,14-/m0/s1. The van der Waals surface area contributed by atoms with Gasteiger partial charge in [0.2, 0.25) is 0 Å². The van der Waals surface area contributed by atoms with E-state index in [1.807, 2.05) is 18.2 Å². The molecular formula is C17H24N2O4. The fourth-order valence-corrected chi connectivity index (χ4v) is 2.94. The number of amides is 1. The zero-order chi connectivity index (χ0) is 17.0. The summed E-state index contributed by atoms with van der Waals surface area (Å²) in [4.78, 5) is 29.7. The van der Waals surface area contributed by atoms with Crippen LogP contribution in [0.15, 0.2) is 24.4 Å². The largest absolute Gasteiger partial charge is 0.480 e. The summed E-state index contributed by atoms with van der Waals surface area (Å²) < 4.78 is 5.36. The highest BCUT2D eigenvalue weighted by molar-refractivity contribution is 5.80. The second-order valence-electron chi connectivity index (χ2n) is 6.88. The molecule has 1 saturated heterocycles. The van der Waals surface area contributed by atoms with E-state index in [9.17, 15) is 14.7 Å². The molecule has 6 nitrogen and oxygen atoms in total. The van der Waals surface area contributed by atoms with Gasteiger partial charge in [0.05, 0.1) is 0 Å². The van der Waals surface area contributed by atoms with Gasteiger partial charge in [-0.1, -0.05) is 6.07 Å². The van der Waals surface area contributed by atoms with Crippen molar-refractivity contribution in [2.75, 3.05) is 6.54 Å². The molecule has 0 aliphatic carbocycles. The Morgan fingerprint density at radius 3 is 2.70 bits per heavy atom. The van der Waals surface area contributed by atoms with E-state index in [0.717, 1.165) is 18.5 Å². The number of likely N-dealkylation sites (tertiary alicyclic amines) is 1. The zero-order valence-corrected chi connectivity index (χ0v) is 13.9. The highest BCUT2D eigenvalue weighted by Gasteiger charge is 2.41. The predicted molar refractivity (Wildman–Crippen MR) is 85.0 cm³/mol. The first-order valence-electron chi connectivity index (χ1n) is 7.90. The van der Waals surface area contributed by atoms with E-state index in [4.69, 9.17) is 4.74 Å². The molecule has 0 saturated carbocycles. The fourth-order valence-electron chi connectivity index (χ4n) is 2.94. The number of piperidine rings is 1. The summed E-state index contributed by atoms with van der Waals surface area (Å²) in [6, 6.07) is 4.71. The fraction of sp³-hybridized carbons (Fsp3) is 0.588. The van der Waals surface area contributed by atoms with Gasteiger partial charge in [-0.2, -0.15) is 0 Å². The Morgan fingerprint density at radius 2 is 2.13 bits per heavy atom. The van der Waals surface area contributed by atoms with Crippen LogP contribution in [0.4, 0.5) is 4.79 Å². The first kappa shape index (κ1) is 17.2. The normalized spacial score (nSPS) is 21.8. The molecule has 2 rings (SSSR count). The van der Waals surface area contributed by atoms with Crippen molar-refractivity contribution in [3.63, 3.8) is 0 Å². The summed E-state index contributed by atoms with van der Waals surface area (Å²) in [5.74, 6) is -1.15. The number of nitrogens with zero attached hydrogens (tertiary/aromatic N) is 2. The van der Waals surface area contributed by atoms with Gasteiger partial charge in [-0.3, -0.25) is 9.88 Å². The lowest BCUT2D eigenvalue weighted by molar-refractivity contribution is -0.146. The Balaban J connectivity index is 2.16. The number of carbonyl (C=O) groups is 2. The maximum absolute atomic E-state index is 12.4. The second kappa shape index (κ2) is 6.98. The van der Waals surface area contributed by atoms with E-state index < -0.39 is 23.7 Å². The molecule has 2 atom stereocenters. The van der Waals surface area contributed by atoms with Crippen molar-refractivity contribution in [3.05, 3.63) is 30.1 Å². The average Bonchev–Trinajstić information content (AvgIpc) is 2.46. The quantitative estimate of drug-likeness (QED) is 0.926. The smallest absolute Gasteiger partial charge is 0.411 e. The van der Waals surface area contributed by atoms with Gasteiger partial charge in [0.1, 0.15) is 11.6 Å². The summed E-state index contributed by atoms with van der Waals surface area (Å²) in [6.45, 7) is 5.73. The van der Waals surface area contributed by atoms with Gasteiger partial charge in [-0.25, -0.2) is 9.59 Å². The number of carbonyl (C=O) groups excluding carboxylic acids is 1. The number of aliphatic carboxylic acids is 1. The summed E-state index contributed by atoms with van der Waals surface area (Å²) in [6.07, 6.45) is 3.19. The number of rotatable bonds is 3. The first-order chi connectivity index (χ1) is 10.8. The van der Waals surface area contributed by atoms with Crippen molar-refractivity contribution in [3.8, 4) is 0 Å². The molecule has 6 heteroatoms. The number of carboxylic acids is 1. The second-order valence-corrected chi connectivity index (χ2v) is 6.88. The summed E-state index contributed by atoms with van der Waals surface area (Å²) in [5, 5.41) is 9.63. The average molecular weight is 320 g/mol. The van der Waals surface area contributed by atoms with Crippen molar-refractivity contribution in [2.24, 2.45) is 5.92 Å². The zero-order valence-electron chi connectivity index (χ0n) is 13.9. The lowest BCUT2D eigenvalue weighted by Crippen LogP contribution is -2.54. The molecule has 1 N–H and O–H groups in total. The van der Waals surface area contributed by atoms with Crippen LogP contribution in [0.5, 0.6) is 0 Å². The van der Waals surface area contributed by atoms with Crippen molar-refractivity contribution in [2.45, 2.75) is 51.7 Å². The maximum Gasteiger partial charge on any atom is 0.411 e. The van der Waals surface area contributed by atoms with E-state index in [1.165, 1.54) is 4.90 Å². The molecule has 0 bridgehead atoms. The maximum atomic E-state index is 12.4. The van der Waals surface area contributed by atoms with Gasteiger partial charge in [0.15, 0.2) is 0 Å². The third kappa shape index (κ3) is 4.68. The molecule has 0 radical (unpaired) electrons. The summed E-state index contributed by atoms with van der Waals surface area (Å²) in [5.41, 5.74) is 0.198. The summed E-state index contributed by atoms with van der Waals surface area (Å²) in [7, 11) is 0. The van der Waals surface area contributed by atoms with Crippen molar-refractivity contribution in [1.82, 2.24) is 9.88 Å². The molecular weight excluding hydrogens is 296 g/mol. The van der Waals surface area contributed by atoms with Gasteiger partial charge >= 0.3 is 12.1 Å². The third-order valence-corrected chi connectivity index (χ3v) is 3.83.